The van der Waals surface area contributed by atoms with Gasteiger partial charge in [-0.1, -0.05) is 36.4 Å². The Hall–Kier alpha value is -2.67. The first-order chi connectivity index (χ1) is 13.7. The summed E-state index contributed by atoms with van der Waals surface area (Å²) in [5, 5.41) is 17.4. The molecule has 0 radical (unpaired) electrons. The zero-order valence-corrected chi connectivity index (χ0v) is 16.6. The second kappa shape index (κ2) is 8.56. The smallest absolute Gasteiger partial charge is 0.258 e. The molecule has 0 fully saturated rings. The average molecular weight is 410 g/mol. The second-order valence-corrected chi connectivity index (χ2v) is 8.48. The van der Waals surface area contributed by atoms with Crippen LogP contribution >= 0.6 is 22.7 Å². The molecule has 6 heteroatoms. The normalized spacial score (nSPS) is 12.0. The average Bonchev–Trinajstić information content (AvgIpc) is 3.42. The molecule has 0 bridgehead atoms. The number of amides is 1. The van der Waals surface area contributed by atoms with Crippen LogP contribution in [0.15, 0.2) is 72.1 Å². The maximum atomic E-state index is 12.1. The lowest BCUT2D eigenvalue weighted by molar-refractivity contribution is -0.123. The molecular weight excluding hydrogens is 390 g/mol. The van der Waals surface area contributed by atoms with Gasteiger partial charge in [0.15, 0.2) is 6.61 Å². The number of nitrogens with one attached hydrogen (secondary N) is 1. The zero-order valence-electron chi connectivity index (χ0n) is 15.0. The van der Waals surface area contributed by atoms with Crippen molar-refractivity contribution in [3.8, 4) is 5.75 Å². The summed E-state index contributed by atoms with van der Waals surface area (Å²) in [6.07, 6.45) is -0.606. The number of ether oxygens (including phenoxy) is 1. The van der Waals surface area contributed by atoms with E-state index in [9.17, 15) is 9.90 Å². The highest BCUT2D eigenvalue weighted by Gasteiger charge is 2.14. The quantitative estimate of drug-likeness (QED) is 0.464. The van der Waals surface area contributed by atoms with E-state index in [1.54, 1.807) is 0 Å². The molecule has 4 rings (SSSR count). The summed E-state index contributed by atoms with van der Waals surface area (Å²) in [7, 11) is 0. The highest BCUT2D eigenvalue weighted by molar-refractivity contribution is 7.12. The van der Waals surface area contributed by atoms with E-state index in [1.165, 1.54) is 22.7 Å². The fourth-order valence-corrected chi connectivity index (χ4v) is 4.63. The third-order valence-corrected chi connectivity index (χ3v) is 6.38. The van der Waals surface area contributed by atoms with Crippen molar-refractivity contribution < 1.29 is 14.6 Å². The zero-order chi connectivity index (χ0) is 19.3. The first-order valence-corrected chi connectivity index (χ1v) is 10.6. The van der Waals surface area contributed by atoms with E-state index in [0.717, 1.165) is 25.4 Å². The Balaban J connectivity index is 1.28. The SMILES string of the molecule is O=C(COc1ccc2ccccc2c1)NCc1ccc(C(O)c2cccs2)s1. The number of carbonyl (C=O) groups excluding carboxylic acids is 1. The standard InChI is InChI=1S/C22H19NO3S2/c24-21(14-26-17-8-7-15-4-1-2-5-16(15)12-17)23-13-18-9-10-20(28-18)22(25)19-6-3-11-27-19/h1-12,22,25H,13-14H2,(H,23,24). The molecule has 0 aliphatic rings. The van der Waals surface area contributed by atoms with Gasteiger partial charge < -0.3 is 15.2 Å². The molecule has 1 unspecified atom stereocenters. The van der Waals surface area contributed by atoms with Gasteiger partial charge in [-0.05, 0) is 46.5 Å². The van der Waals surface area contributed by atoms with Gasteiger partial charge in [-0.15, -0.1) is 22.7 Å². The molecule has 0 spiro atoms. The number of hydrogen-bond donors (Lipinski definition) is 2. The molecule has 0 saturated carbocycles. The first kappa shape index (κ1) is 18.7. The lowest BCUT2D eigenvalue weighted by atomic mass is 10.1. The van der Waals surface area contributed by atoms with Crippen molar-refractivity contribution in [3.05, 3.63) is 86.7 Å². The lowest BCUT2D eigenvalue weighted by Gasteiger charge is -2.08. The lowest BCUT2D eigenvalue weighted by Crippen LogP contribution is -2.28. The van der Waals surface area contributed by atoms with Crippen LogP contribution in [0.3, 0.4) is 0 Å². The number of aliphatic hydroxyl groups excluding tert-OH is 1. The van der Waals surface area contributed by atoms with Crippen molar-refractivity contribution in [3.63, 3.8) is 0 Å². The van der Waals surface area contributed by atoms with Crippen LogP contribution in [0, 0.1) is 0 Å². The summed E-state index contributed by atoms with van der Waals surface area (Å²) in [4.78, 5) is 14.9. The third kappa shape index (κ3) is 4.42. The van der Waals surface area contributed by atoms with Crippen LogP contribution in [0.2, 0.25) is 0 Å². The highest BCUT2D eigenvalue weighted by Crippen LogP contribution is 2.30. The van der Waals surface area contributed by atoms with Gasteiger partial charge in [0.25, 0.3) is 5.91 Å². The maximum absolute atomic E-state index is 12.1. The topological polar surface area (TPSA) is 58.6 Å². The van der Waals surface area contributed by atoms with E-state index < -0.39 is 6.10 Å². The van der Waals surface area contributed by atoms with Crippen molar-refractivity contribution in [1.82, 2.24) is 5.32 Å². The Morgan fingerprint density at radius 2 is 1.86 bits per heavy atom. The molecule has 2 heterocycles. The first-order valence-electron chi connectivity index (χ1n) is 8.87. The molecule has 142 valence electrons. The van der Waals surface area contributed by atoms with Crippen LogP contribution in [0.25, 0.3) is 10.8 Å². The number of carbonyl (C=O) groups is 1. The van der Waals surface area contributed by atoms with Crippen molar-refractivity contribution in [2.24, 2.45) is 0 Å². The van der Waals surface area contributed by atoms with E-state index >= 15 is 0 Å². The van der Waals surface area contributed by atoms with Crippen LogP contribution in [0.1, 0.15) is 20.7 Å². The highest BCUT2D eigenvalue weighted by atomic mass is 32.1. The van der Waals surface area contributed by atoms with E-state index in [2.05, 4.69) is 5.32 Å². The number of thiophene rings is 2. The minimum absolute atomic E-state index is 0.0333. The van der Waals surface area contributed by atoms with Gasteiger partial charge in [0, 0.05) is 14.6 Å². The van der Waals surface area contributed by atoms with E-state index in [0.29, 0.717) is 12.3 Å². The van der Waals surface area contributed by atoms with Gasteiger partial charge in [0.2, 0.25) is 0 Å². The summed E-state index contributed by atoms with van der Waals surface area (Å²) in [6, 6.07) is 21.5. The predicted molar refractivity (Wildman–Crippen MR) is 114 cm³/mol. The van der Waals surface area contributed by atoms with E-state index in [-0.39, 0.29) is 12.5 Å². The molecule has 4 aromatic rings. The Bertz CT molecular complexity index is 1070. The minimum atomic E-state index is -0.606. The van der Waals surface area contributed by atoms with Gasteiger partial charge in [0.1, 0.15) is 11.9 Å². The van der Waals surface area contributed by atoms with Gasteiger partial charge >= 0.3 is 0 Å². The molecule has 0 aliphatic carbocycles. The number of aliphatic hydroxyl groups is 1. The van der Waals surface area contributed by atoms with Gasteiger partial charge in [-0.2, -0.15) is 0 Å². The van der Waals surface area contributed by atoms with Gasteiger partial charge in [-0.25, -0.2) is 0 Å². The summed E-state index contributed by atoms with van der Waals surface area (Å²) >= 11 is 3.03. The largest absolute Gasteiger partial charge is 0.484 e. The van der Waals surface area contributed by atoms with E-state index in [1.807, 2.05) is 72.1 Å². The molecule has 1 atom stereocenters. The van der Waals surface area contributed by atoms with Crippen molar-refractivity contribution in [2.75, 3.05) is 6.61 Å². The molecule has 2 N–H and O–H groups in total. The Kier molecular flexibility index (Phi) is 5.71. The summed E-state index contributed by atoms with van der Waals surface area (Å²) < 4.78 is 5.61. The van der Waals surface area contributed by atoms with Crippen LogP contribution in [0.4, 0.5) is 0 Å². The molecular formula is C22H19NO3S2. The molecule has 2 aromatic heterocycles. The summed E-state index contributed by atoms with van der Waals surface area (Å²) in [6.45, 7) is 0.385. The van der Waals surface area contributed by atoms with Crippen molar-refractivity contribution >= 4 is 39.4 Å². The Morgan fingerprint density at radius 1 is 1.00 bits per heavy atom. The molecule has 28 heavy (non-hydrogen) atoms. The molecule has 1 amide bonds. The monoisotopic (exact) mass is 409 g/mol. The number of benzene rings is 2. The summed E-state index contributed by atoms with van der Waals surface area (Å²) in [5.74, 6) is 0.494. The number of hydrogen-bond acceptors (Lipinski definition) is 5. The minimum Gasteiger partial charge on any atom is -0.484 e. The Morgan fingerprint density at radius 3 is 2.68 bits per heavy atom. The summed E-state index contributed by atoms with van der Waals surface area (Å²) in [5.41, 5.74) is 0. The van der Waals surface area contributed by atoms with Gasteiger partial charge in [-0.3, -0.25) is 4.79 Å². The van der Waals surface area contributed by atoms with Crippen molar-refractivity contribution in [2.45, 2.75) is 12.6 Å². The van der Waals surface area contributed by atoms with Crippen LogP contribution in [-0.2, 0) is 11.3 Å². The van der Waals surface area contributed by atoms with Crippen molar-refractivity contribution in [1.29, 1.82) is 0 Å². The number of rotatable bonds is 7. The molecule has 0 aliphatic heterocycles. The molecule has 0 saturated heterocycles. The fraction of sp³-hybridized carbons (Fsp3) is 0.136. The molecule has 2 aromatic carbocycles. The van der Waals surface area contributed by atoms with Crippen LogP contribution < -0.4 is 10.1 Å². The maximum Gasteiger partial charge on any atom is 0.258 e. The fourth-order valence-electron chi connectivity index (χ4n) is 2.87. The van der Waals surface area contributed by atoms with Crippen LogP contribution in [0.5, 0.6) is 5.75 Å². The number of fused-ring (bicyclic) bond motifs is 1. The Labute approximate surface area is 171 Å². The van der Waals surface area contributed by atoms with E-state index in [4.69, 9.17) is 4.74 Å². The third-order valence-electron chi connectivity index (χ3n) is 4.32. The molecule has 4 nitrogen and oxygen atoms in total. The van der Waals surface area contributed by atoms with Crippen LogP contribution in [-0.4, -0.2) is 17.6 Å². The second-order valence-electron chi connectivity index (χ2n) is 6.30. The predicted octanol–water partition coefficient (Wildman–Crippen LogP) is 4.74. The van der Waals surface area contributed by atoms with Gasteiger partial charge in [0.05, 0.1) is 6.54 Å².